The summed E-state index contributed by atoms with van der Waals surface area (Å²) in [4.78, 5) is 29.0. The molecule has 1 aromatic heterocycles. The van der Waals surface area contributed by atoms with Gasteiger partial charge in [0.1, 0.15) is 11.9 Å². The van der Waals surface area contributed by atoms with Gasteiger partial charge in [-0.2, -0.15) is 11.8 Å². The molecular formula is C25H28FN3O3S. The van der Waals surface area contributed by atoms with E-state index in [4.69, 9.17) is 4.74 Å². The summed E-state index contributed by atoms with van der Waals surface area (Å²) in [5.41, 5.74) is 2.45. The van der Waals surface area contributed by atoms with E-state index in [1.165, 1.54) is 19.2 Å². The molecule has 1 N–H and O–H groups in total. The van der Waals surface area contributed by atoms with Crippen LogP contribution in [0.5, 0.6) is 0 Å². The largest absolute Gasteiger partial charge is 0.467 e. The van der Waals surface area contributed by atoms with Gasteiger partial charge in [0, 0.05) is 30.4 Å². The van der Waals surface area contributed by atoms with Gasteiger partial charge in [-0.05, 0) is 60.2 Å². The Morgan fingerprint density at radius 1 is 1.21 bits per heavy atom. The average molecular weight is 470 g/mol. The zero-order valence-electron chi connectivity index (χ0n) is 18.7. The molecule has 0 bridgehead atoms. The summed E-state index contributed by atoms with van der Waals surface area (Å²) in [6.07, 6.45) is 8.46. The smallest absolute Gasteiger partial charge is 0.328 e. The molecule has 3 rings (SSSR count). The van der Waals surface area contributed by atoms with Crippen LogP contribution < -0.4 is 5.32 Å². The highest BCUT2D eigenvalue weighted by molar-refractivity contribution is 7.98. The summed E-state index contributed by atoms with van der Waals surface area (Å²) in [6.45, 7) is 0.668. The number of esters is 1. The van der Waals surface area contributed by atoms with E-state index in [1.54, 1.807) is 42.5 Å². The van der Waals surface area contributed by atoms with Gasteiger partial charge in [0.05, 0.1) is 13.4 Å². The average Bonchev–Trinajstić information content (AvgIpc) is 3.34. The molecule has 1 heterocycles. The molecule has 1 amide bonds. The molecule has 0 radical (unpaired) electrons. The lowest BCUT2D eigenvalue weighted by molar-refractivity contribution is -0.142. The molecule has 6 nitrogen and oxygen atoms in total. The molecule has 0 spiro atoms. The second-order valence-corrected chi connectivity index (χ2v) is 8.73. The molecule has 0 aliphatic rings. The van der Waals surface area contributed by atoms with Gasteiger partial charge in [-0.25, -0.2) is 14.2 Å². The molecule has 0 saturated heterocycles. The Balaban J connectivity index is 1.77. The number of rotatable bonds is 11. The molecule has 0 aliphatic carbocycles. The van der Waals surface area contributed by atoms with Crippen molar-refractivity contribution in [1.82, 2.24) is 14.9 Å². The van der Waals surface area contributed by atoms with Crippen LogP contribution in [0.1, 0.15) is 33.8 Å². The number of imidazole rings is 1. The first-order valence-electron chi connectivity index (χ1n) is 10.7. The van der Waals surface area contributed by atoms with Crippen LogP contribution in [-0.4, -0.2) is 46.6 Å². The number of carbonyl (C=O) groups excluding carboxylic acids is 2. The van der Waals surface area contributed by atoms with Crippen LogP contribution in [0.2, 0.25) is 0 Å². The second-order valence-electron chi connectivity index (χ2n) is 7.74. The van der Waals surface area contributed by atoms with E-state index in [0.29, 0.717) is 24.9 Å². The maximum atomic E-state index is 13.5. The van der Waals surface area contributed by atoms with Crippen molar-refractivity contribution in [2.24, 2.45) is 0 Å². The van der Waals surface area contributed by atoms with Crippen molar-refractivity contribution in [3.05, 3.63) is 89.8 Å². The third kappa shape index (κ3) is 7.18. The molecule has 8 heteroatoms. The molecule has 2 aromatic carbocycles. The first kappa shape index (κ1) is 24.5. The number of nitrogens with zero attached hydrogens (tertiary/aromatic N) is 2. The number of amides is 1. The highest BCUT2D eigenvalue weighted by atomic mass is 32.2. The molecule has 0 aliphatic heterocycles. The predicted molar refractivity (Wildman–Crippen MR) is 128 cm³/mol. The number of thioether (sulfide) groups is 1. The van der Waals surface area contributed by atoms with Gasteiger partial charge < -0.3 is 14.6 Å². The van der Waals surface area contributed by atoms with E-state index < -0.39 is 12.0 Å². The Kier molecular flexibility index (Phi) is 9.06. The van der Waals surface area contributed by atoms with E-state index in [-0.39, 0.29) is 17.6 Å². The van der Waals surface area contributed by atoms with Crippen LogP contribution in [0.3, 0.4) is 0 Å². The standard InChI is InChI=1S/C25H28FN3O3S/c1-32-25(31)23(10-13-33-2)28-24(30)20-5-3-4-18(14-20)15-21(16-29-12-11-27-17-29)19-6-8-22(26)9-7-19/h3-9,11-12,14,17,21,23H,10,13,15-16H2,1-2H3,(H,28,30)/t21?,23-/m0/s1. The minimum Gasteiger partial charge on any atom is -0.467 e. The number of benzene rings is 2. The van der Waals surface area contributed by atoms with Crippen LogP contribution in [-0.2, 0) is 22.5 Å². The number of ether oxygens (including phenoxy) is 1. The van der Waals surface area contributed by atoms with Crippen LogP contribution in [0, 0.1) is 5.82 Å². The van der Waals surface area contributed by atoms with Crippen molar-refractivity contribution in [2.45, 2.75) is 31.3 Å². The number of carbonyl (C=O) groups is 2. The lowest BCUT2D eigenvalue weighted by atomic mass is 9.91. The summed E-state index contributed by atoms with van der Waals surface area (Å²) >= 11 is 1.60. The van der Waals surface area contributed by atoms with E-state index in [9.17, 15) is 14.0 Å². The molecule has 0 saturated carbocycles. The number of hydrogen-bond acceptors (Lipinski definition) is 5. The number of hydrogen-bond donors (Lipinski definition) is 1. The molecule has 1 unspecified atom stereocenters. The molecule has 3 aromatic rings. The lowest BCUT2D eigenvalue weighted by Crippen LogP contribution is -2.42. The summed E-state index contributed by atoms with van der Waals surface area (Å²) in [7, 11) is 1.32. The summed E-state index contributed by atoms with van der Waals surface area (Å²) in [5, 5.41) is 2.79. The Hall–Kier alpha value is -3.13. The van der Waals surface area contributed by atoms with Crippen LogP contribution in [0.15, 0.2) is 67.3 Å². The zero-order chi connectivity index (χ0) is 23.6. The summed E-state index contributed by atoms with van der Waals surface area (Å²) < 4.78 is 20.3. The second kappa shape index (κ2) is 12.2. The summed E-state index contributed by atoms with van der Waals surface area (Å²) in [5.74, 6) is -0.261. The topological polar surface area (TPSA) is 73.2 Å². The van der Waals surface area contributed by atoms with Gasteiger partial charge in [-0.15, -0.1) is 0 Å². The molecule has 0 fully saturated rings. The Bertz CT molecular complexity index is 1040. The van der Waals surface area contributed by atoms with Gasteiger partial charge in [0.15, 0.2) is 0 Å². The molecular weight excluding hydrogens is 441 g/mol. The summed E-state index contributed by atoms with van der Waals surface area (Å²) in [6, 6.07) is 13.2. The first-order chi connectivity index (χ1) is 16.0. The fourth-order valence-electron chi connectivity index (χ4n) is 3.66. The highest BCUT2D eigenvalue weighted by Gasteiger charge is 2.22. The van der Waals surface area contributed by atoms with Crippen LogP contribution >= 0.6 is 11.8 Å². The Morgan fingerprint density at radius 2 is 2.00 bits per heavy atom. The minimum absolute atomic E-state index is 0.0579. The molecule has 33 heavy (non-hydrogen) atoms. The van der Waals surface area contributed by atoms with Crippen molar-refractivity contribution in [3.8, 4) is 0 Å². The molecule has 174 valence electrons. The van der Waals surface area contributed by atoms with Crippen molar-refractivity contribution in [3.63, 3.8) is 0 Å². The number of halogens is 1. The van der Waals surface area contributed by atoms with E-state index in [2.05, 4.69) is 10.3 Å². The van der Waals surface area contributed by atoms with Gasteiger partial charge >= 0.3 is 5.97 Å². The lowest BCUT2D eigenvalue weighted by Gasteiger charge is -2.19. The van der Waals surface area contributed by atoms with E-state index in [0.717, 1.165) is 16.9 Å². The SMILES string of the molecule is COC(=O)[C@H](CCSC)NC(=O)c1cccc(CC(Cn2ccnc2)c2ccc(F)cc2)c1. The maximum Gasteiger partial charge on any atom is 0.328 e. The Morgan fingerprint density at radius 3 is 2.67 bits per heavy atom. The number of nitrogens with one attached hydrogen (secondary N) is 1. The fraction of sp³-hybridized carbons (Fsp3) is 0.320. The normalized spacial score (nSPS) is 12.7. The van der Waals surface area contributed by atoms with Crippen molar-refractivity contribution < 1.29 is 18.7 Å². The third-order valence-corrected chi connectivity index (χ3v) is 6.05. The van der Waals surface area contributed by atoms with Crippen LogP contribution in [0.25, 0.3) is 0 Å². The highest BCUT2D eigenvalue weighted by Crippen LogP contribution is 2.24. The first-order valence-corrected chi connectivity index (χ1v) is 12.1. The van der Waals surface area contributed by atoms with Crippen molar-refractivity contribution in [2.75, 3.05) is 19.1 Å². The monoisotopic (exact) mass is 469 g/mol. The predicted octanol–water partition coefficient (Wildman–Crippen LogP) is 4.07. The number of aromatic nitrogens is 2. The van der Waals surface area contributed by atoms with Gasteiger partial charge in [0.2, 0.25) is 0 Å². The quantitative estimate of drug-likeness (QED) is 0.429. The van der Waals surface area contributed by atoms with E-state index >= 15 is 0 Å². The number of methoxy groups -OCH3 is 1. The van der Waals surface area contributed by atoms with Crippen LogP contribution in [0.4, 0.5) is 4.39 Å². The zero-order valence-corrected chi connectivity index (χ0v) is 19.6. The third-order valence-electron chi connectivity index (χ3n) is 5.40. The van der Waals surface area contributed by atoms with Crippen molar-refractivity contribution in [1.29, 1.82) is 0 Å². The van der Waals surface area contributed by atoms with Crippen molar-refractivity contribution >= 4 is 23.6 Å². The molecule has 2 atom stereocenters. The maximum absolute atomic E-state index is 13.5. The Labute approximate surface area is 197 Å². The van der Waals surface area contributed by atoms with Gasteiger partial charge in [-0.3, -0.25) is 4.79 Å². The van der Waals surface area contributed by atoms with Gasteiger partial charge in [0.25, 0.3) is 5.91 Å². The van der Waals surface area contributed by atoms with Gasteiger partial charge in [-0.1, -0.05) is 24.3 Å². The fourth-order valence-corrected chi connectivity index (χ4v) is 4.14. The minimum atomic E-state index is -0.688. The van der Waals surface area contributed by atoms with E-state index in [1.807, 2.05) is 35.2 Å².